The lowest BCUT2D eigenvalue weighted by atomic mass is 10.0. The Kier molecular flexibility index (Phi) is 9.15. The van der Waals surface area contributed by atoms with Crippen LogP contribution in [0, 0.1) is 5.92 Å². The zero-order valence-electron chi connectivity index (χ0n) is 17.1. The molecule has 0 aliphatic heterocycles. The Morgan fingerprint density at radius 2 is 1.87 bits per heavy atom. The molecule has 0 bridgehead atoms. The number of nitrogens with zero attached hydrogens (tertiary/aromatic N) is 1. The van der Waals surface area contributed by atoms with Gasteiger partial charge in [-0.05, 0) is 48.7 Å². The summed E-state index contributed by atoms with van der Waals surface area (Å²) in [6.45, 7) is 6.23. The molecule has 0 aromatic heterocycles. The van der Waals surface area contributed by atoms with Crippen LogP contribution in [0.5, 0.6) is 5.75 Å². The summed E-state index contributed by atoms with van der Waals surface area (Å²) in [6, 6.07) is 10.9. The van der Waals surface area contributed by atoms with Gasteiger partial charge in [0.15, 0.2) is 0 Å². The fraction of sp³-hybridized carbons (Fsp3) is 0.318. The predicted octanol–water partition coefficient (Wildman–Crippen LogP) is 4.69. The first-order valence-electron chi connectivity index (χ1n) is 9.63. The molecule has 0 fully saturated rings. The summed E-state index contributed by atoms with van der Waals surface area (Å²) in [5.74, 6) is -0.359. The standard InChI is InChI=1S/C22H25Cl2N3O3/c1-4-10-30-19-9-8-18(24)12-16(19)13-25-27-22(29)20(14(2)3)26-21(28)15-6-5-7-17(23)11-15/h5-9,11-14,20H,4,10H2,1-3H3,(H,26,28)(H,27,29). The quantitative estimate of drug-likeness (QED) is 0.430. The SMILES string of the molecule is CCCOc1ccc(Cl)cc1C=NNC(=O)C(NC(=O)c1cccc(Cl)c1)C(C)C. The van der Waals surface area contributed by atoms with E-state index in [1.54, 1.807) is 42.5 Å². The van der Waals surface area contributed by atoms with Gasteiger partial charge in [-0.1, -0.05) is 50.0 Å². The molecule has 0 radical (unpaired) electrons. The molecule has 6 nitrogen and oxygen atoms in total. The molecule has 0 saturated heterocycles. The molecule has 2 amide bonds. The van der Waals surface area contributed by atoms with Crippen LogP contribution in [-0.2, 0) is 4.79 Å². The van der Waals surface area contributed by atoms with E-state index < -0.39 is 11.9 Å². The Hall–Kier alpha value is -2.57. The van der Waals surface area contributed by atoms with Crippen LogP contribution >= 0.6 is 23.2 Å². The van der Waals surface area contributed by atoms with Gasteiger partial charge in [0.25, 0.3) is 11.8 Å². The van der Waals surface area contributed by atoms with E-state index in [-0.39, 0.29) is 11.8 Å². The van der Waals surface area contributed by atoms with Crippen molar-refractivity contribution >= 4 is 41.2 Å². The number of benzene rings is 2. The third-order valence-corrected chi connectivity index (χ3v) is 4.60. The Balaban J connectivity index is 2.07. The average Bonchev–Trinajstić information content (AvgIpc) is 2.70. The number of hydrogen-bond donors (Lipinski definition) is 2. The Morgan fingerprint density at radius 3 is 2.53 bits per heavy atom. The minimum absolute atomic E-state index is 0.155. The van der Waals surface area contributed by atoms with Crippen LogP contribution in [0.25, 0.3) is 0 Å². The molecule has 0 aliphatic rings. The molecule has 0 heterocycles. The Labute approximate surface area is 186 Å². The third-order valence-electron chi connectivity index (χ3n) is 4.13. The molecule has 0 saturated carbocycles. The summed E-state index contributed by atoms with van der Waals surface area (Å²) in [6.07, 6.45) is 2.32. The minimum Gasteiger partial charge on any atom is -0.493 e. The van der Waals surface area contributed by atoms with Crippen LogP contribution in [0.2, 0.25) is 10.0 Å². The summed E-state index contributed by atoms with van der Waals surface area (Å²) in [4.78, 5) is 25.1. The summed E-state index contributed by atoms with van der Waals surface area (Å²) in [5.41, 5.74) is 3.49. The van der Waals surface area contributed by atoms with E-state index in [4.69, 9.17) is 27.9 Å². The molecular weight excluding hydrogens is 425 g/mol. The highest BCUT2D eigenvalue weighted by Crippen LogP contribution is 2.21. The maximum Gasteiger partial charge on any atom is 0.262 e. The van der Waals surface area contributed by atoms with Gasteiger partial charge >= 0.3 is 0 Å². The number of nitrogens with one attached hydrogen (secondary N) is 2. The van der Waals surface area contributed by atoms with Crippen LogP contribution < -0.4 is 15.5 Å². The molecule has 1 atom stereocenters. The maximum absolute atomic E-state index is 12.6. The summed E-state index contributed by atoms with van der Waals surface area (Å²) in [7, 11) is 0. The van der Waals surface area contributed by atoms with E-state index in [2.05, 4.69) is 15.8 Å². The number of carbonyl (C=O) groups is 2. The smallest absolute Gasteiger partial charge is 0.262 e. The molecule has 30 heavy (non-hydrogen) atoms. The van der Waals surface area contributed by atoms with Gasteiger partial charge in [-0.2, -0.15) is 5.10 Å². The van der Waals surface area contributed by atoms with Crippen molar-refractivity contribution in [3.05, 3.63) is 63.6 Å². The number of hydrazone groups is 1. The van der Waals surface area contributed by atoms with E-state index in [9.17, 15) is 9.59 Å². The van der Waals surface area contributed by atoms with E-state index in [0.29, 0.717) is 33.5 Å². The fourth-order valence-electron chi connectivity index (χ4n) is 2.59. The number of hydrogen-bond acceptors (Lipinski definition) is 4. The Bertz CT molecular complexity index is 916. The molecule has 2 aromatic carbocycles. The zero-order chi connectivity index (χ0) is 22.1. The topological polar surface area (TPSA) is 79.8 Å². The first-order chi connectivity index (χ1) is 14.3. The summed E-state index contributed by atoms with van der Waals surface area (Å²) in [5, 5.41) is 7.71. The van der Waals surface area contributed by atoms with Gasteiger partial charge in [0, 0.05) is 21.2 Å². The highest BCUT2D eigenvalue weighted by molar-refractivity contribution is 6.31. The van der Waals surface area contributed by atoms with Crippen LogP contribution in [0.1, 0.15) is 43.1 Å². The highest BCUT2D eigenvalue weighted by atomic mass is 35.5. The monoisotopic (exact) mass is 449 g/mol. The number of amides is 2. The molecule has 2 rings (SSSR count). The van der Waals surface area contributed by atoms with E-state index in [1.807, 2.05) is 20.8 Å². The first kappa shape index (κ1) is 23.7. The predicted molar refractivity (Wildman–Crippen MR) is 121 cm³/mol. The van der Waals surface area contributed by atoms with Crippen molar-refractivity contribution in [3.8, 4) is 5.75 Å². The van der Waals surface area contributed by atoms with Crippen molar-refractivity contribution < 1.29 is 14.3 Å². The number of carbonyl (C=O) groups excluding carboxylic acids is 2. The van der Waals surface area contributed by atoms with Crippen molar-refractivity contribution in [1.82, 2.24) is 10.7 Å². The molecule has 2 N–H and O–H groups in total. The van der Waals surface area contributed by atoms with E-state index in [1.165, 1.54) is 6.21 Å². The Morgan fingerprint density at radius 1 is 1.13 bits per heavy atom. The fourth-order valence-corrected chi connectivity index (χ4v) is 2.96. The van der Waals surface area contributed by atoms with E-state index in [0.717, 1.165) is 6.42 Å². The van der Waals surface area contributed by atoms with Crippen LogP contribution in [-0.4, -0.2) is 30.7 Å². The third kappa shape index (κ3) is 7.04. The van der Waals surface area contributed by atoms with Crippen LogP contribution in [0.3, 0.4) is 0 Å². The summed E-state index contributed by atoms with van der Waals surface area (Å²) >= 11 is 12.0. The molecule has 0 spiro atoms. The van der Waals surface area contributed by atoms with Crippen LogP contribution in [0.4, 0.5) is 0 Å². The maximum atomic E-state index is 12.6. The van der Waals surface area contributed by atoms with Gasteiger partial charge in [0.1, 0.15) is 11.8 Å². The lowest BCUT2D eigenvalue weighted by molar-refractivity contribution is -0.123. The lowest BCUT2D eigenvalue weighted by Crippen LogP contribution is -2.48. The normalized spacial score (nSPS) is 12.1. The highest BCUT2D eigenvalue weighted by Gasteiger charge is 2.24. The van der Waals surface area contributed by atoms with Crippen molar-refractivity contribution in [2.75, 3.05) is 6.61 Å². The number of ether oxygens (including phenoxy) is 1. The molecule has 160 valence electrons. The van der Waals surface area contributed by atoms with Gasteiger partial charge in [-0.15, -0.1) is 0 Å². The molecule has 2 aromatic rings. The van der Waals surface area contributed by atoms with Crippen molar-refractivity contribution in [2.24, 2.45) is 11.0 Å². The second kappa shape index (κ2) is 11.6. The zero-order valence-corrected chi connectivity index (χ0v) is 18.6. The van der Waals surface area contributed by atoms with Gasteiger partial charge in [0.2, 0.25) is 0 Å². The summed E-state index contributed by atoms with van der Waals surface area (Å²) < 4.78 is 5.67. The van der Waals surface area contributed by atoms with Gasteiger partial charge < -0.3 is 10.1 Å². The second-order valence-corrected chi connectivity index (χ2v) is 7.84. The van der Waals surface area contributed by atoms with Crippen LogP contribution in [0.15, 0.2) is 47.6 Å². The molecule has 0 aliphatic carbocycles. The van der Waals surface area contributed by atoms with E-state index >= 15 is 0 Å². The number of rotatable bonds is 9. The first-order valence-corrected chi connectivity index (χ1v) is 10.4. The number of halogens is 2. The van der Waals surface area contributed by atoms with Crippen molar-refractivity contribution in [3.63, 3.8) is 0 Å². The van der Waals surface area contributed by atoms with Crippen molar-refractivity contribution in [1.29, 1.82) is 0 Å². The average molecular weight is 450 g/mol. The second-order valence-electron chi connectivity index (χ2n) is 6.97. The van der Waals surface area contributed by atoms with Gasteiger partial charge in [0.05, 0.1) is 12.8 Å². The minimum atomic E-state index is -0.774. The van der Waals surface area contributed by atoms with Gasteiger partial charge in [-0.3, -0.25) is 9.59 Å². The largest absolute Gasteiger partial charge is 0.493 e. The van der Waals surface area contributed by atoms with Gasteiger partial charge in [-0.25, -0.2) is 5.43 Å². The lowest BCUT2D eigenvalue weighted by Gasteiger charge is -2.20. The molecular formula is C22H25Cl2N3O3. The van der Waals surface area contributed by atoms with Crippen molar-refractivity contribution in [2.45, 2.75) is 33.2 Å². The molecule has 8 heteroatoms. The molecule has 1 unspecified atom stereocenters.